The summed E-state index contributed by atoms with van der Waals surface area (Å²) in [4.78, 5) is 11.8. The van der Waals surface area contributed by atoms with Crippen LogP contribution in [-0.4, -0.2) is 11.9 Å². The minimum absolute atomic E-state index is 0.0244. The normalized spacial score (nSPS) is 12.1. The second kappa shape index (κ2) is 6.16. The van der Waals surface area contributed by atoms with Crippen LogP contribution in [0.2, 0.25) is 0 Å². The zero-order valence-corrected chi connectivity index (χ0v) is 9.99. The van der Waals surface area contributed by atoms with E-state index in [-0.39, 0.29) is 11.9 Å². The first kappa shape index (κ1) is 12.6. The monoisotopic (exact) mass is 220 g/mol. The predicted molar refractivity (Wildman–Crippen MR) is 67.3 cm³/mol. The number of hydrogen-bond acceptors (Lipinski definition) is 2. The highest BCUT2D eigenvalue weighted by Gasteiger charge is 2.08. The van der Waals surface area contributed by atoms with Gasteiger partial charge in [0.15, 0.2) is 0 Å². The van der Waals surface area contributed by atoms with E-state index in [1.165, 1.54) is 0 Å². The van der Waals surface area contributed by atoms with Gasteiger partial charge in [0.25, 0.3) is 5.91 Å². The third-order valence-corrected chi connectivity index (χ3v) is 2.54. The van der Waals surface area contributed by atoms with Crippen molar-refractivity contribution in [3.05, 3.63) is 29.8 Å². The first-order chi connectivity index (χ1) is 7.63. The van der Waals surface area contributed by atoms with Crippen molar-refractivity contribution in [1.82, 2.24) is 5.32 Å². The molecule has 0 heterocycles. The number of nitrogen functional groups attached to an aromatic ring is 1. The molecule has 3 heteroatoms. The minimum Gasteiger partial charge on any atom is -0.399 e. The molecule has 0 aliphatic carbocycles. The summed E-state index contributed by atoms with van der Waals surface area (Å²) in [5, 5.41) is 2.97. The fraction of sp³-hybridized carbons (Fsp3) is 0.462. The van der Waals surface area contributed by atoms with Gasteiger partial charge in [0.1, 0.15) is 0 Å². The Kier molecular flexibility index (Phi) is 4.83. The van der Waals surface area contributed by atoms with Crippen LogP contribution in [0.25, 0.3) is 0 Å². The summed E-state index contributed by atoms with van der Waals surface area (Å²) < 4.78 is 0. The van der Waals surface area contributed by atoms with E-state index in [0.29, 0.717) is 11.3 Å². The predicted octanol–water partition coefficient (Wildman–Crippen LogP) is 2.58. The van der Waals surface area contributed by atoms with Gasteiger partial charge in [-0.05, 0) is 37.6 Å². The fourth-order valence-electron chi connectivity index (χ4n) is 1.52. The molecule has 0 saturated carbocycles. The number of amides is 1. The highest BCUT2D eigenvalue weighted by atomic mass is 16.1. The van der Waals surface area contributed by atoms with Crippen LogP contribution in [0, 0.1) is 0 Å². The van der Waals surface area contributed by atoms with Crippen LogP contribution in [0.15, 0.2) is 24.3 Å². The maximum atomic E-state index is 11.8. The Labute approximate surface area is 97.0 Å². The molecular formula is C13H20N2O. The molecule has 1 aromatic rings. The van der Waals surface area contributed by atoms with Crippen LogP contribution in [0.5, 0.6) is 0 Å². The number of rotatable bonds is 5. The van der Waals surface area contributed by atoms with E-state index < -0.39 is 0 Å². The van der Waals surface area contributed by atoms with E-state index in [0.717, 1.165) is 19.3 Å². The smallest absolute Gasteiger partial charge is 0.251 e. The summed E-state index contributed by atoms with van der Waals surface area (Å²) in [6.07, 6.45) is 3.32. The Morgan fingerprint density at radius 1 is 1.38 bits per heavy atom. The van der Waals surface area contributed by atoms with Gasteiger partial charge in [0.05, 0.1) is 0 Å². The van der Waals surface area contributed by atoms with Crippen LogP contribution in [0.4, 0.5) is 5.69 Å². The van der Waals surface area contributed by atoms with Gasteiger partial charge in [-0.15, -0.1) is 0 Å². The van der Waals surface area contributed by atoms with Crippen molar-refractivity contribution < 1.29 is 4.79 Å². The van der Waals surface area contributed by atoms with Crippen LogP contribution in [0.1, 0.15) is 43.5 Å². The third kappa shape index (κ3) is 3.93. The molecule has 0 spiro atoms. The number of nitrogens with one attached hydrogen (secondary N) is 1. The molecular weight excluding hydrogens is 200 g/mol. The SMILES string of the molecule is CCCCC(C)NC(=O)c1ccc(N)cc1. The van der Waals surface area contributed by atoms with Crippen molar-refractivity contribution in [3.63, 3.8) is 0 Å². The van der Waals surface area contributed by atoms with Gasteiger partial charge in [-0.2, -0.15) is 0 Å². The van der Waals surface area contributed by atoms with Crippen molar-refractivity contribution >= 4 is 11.6 Å². The molecule has 0 aliphatic heterocycles. The lowest BCUT2D eigenvalue weighted by Crippen LogP contribution is -2.32. The Hall–Kier alpha value is -1.51. The molecule has 88 valence electrons. The number of nitrogens with two attached hydrogens (primary N) is 1. The Morgan fingerprint density at radius 3 is 2.56 bits per heavy atom. The molecule has 0 radical (unpaired) electrons. The molecule has 3 N–H and O–H groups in total. The van der Waals surface area contributed by atoms with E-state index in [9.17, 15) is 4.79 Å². The molecule has 0 fully saturated rings. The molecule has 1 amide bonds. The zero-order chi connectivity index (χ0) is 12.0. The molecule has 1 unspecified atom stereocenters. The largest absolute Gasteiger partial charge is 0.399 e. The second-order valence-electron chi connectivity index (χ2n) is 4.14. The third-order valence-electron chi connectivity index (χ3n) is 2.54. The lowest BCUT2D eigenvalue weighted by Gasteiger charge is -2.13. The average molecular weight is 220 g/mol. The van der Waals surface area contributed by atoms with Gasteiger partial charge in [-0.3, -0.25) is 4.79 Å². The topological polar surface area (TPSA) is 55.1 Å². The molecule has 0 saturated heterocycles. The van der Waals surface area contributed by atoms with Crippen molar-refractivity contribution in [3.8, 4) is 0 Å². The number of carbonyl (C=O) groups excluding carboxylic acids is 1. The van der Waals surface area contributed by atoms with Crippen molar-refractivity contribution in [2.45, 2.75) is 39.2 Å². The quantitative estimate of drug-likeness (QED) is 0.749. The van der Waals surface area contributed by atoms with Crippen molar-refractivity contribution in [2.24, 2.45) is 0 Å². The molecule has 3 nitrogen and oxygen atoms in total. The van der Waals surface area contributed by atoms with Gasteiger partial charge >= 0.3 is 0 Å². The molecule has 1 aromatic carbocycles. The summed E-state index contributed by atoms with van der Waals surface area (Å²) in [5.41, 5.74) is 6.90. The highest BCUT2D eigenvalue weighted by molar-refractivity contribution is 5.94. The lowest BCUT2D eigenvalue weighted by molar-refractivity contribution is 0.0938. The van der Waals surface area contributed by atoms with E-state index >= 15 is 0 Å². The Morgan fingerprint density at radius 2 is 2.00 bits per heavy atom. The summed E-state index contributed by atoms with van der Waals surface area (Å²) in [6.45, 7) is 4.18. The number of benzene rings is 1. The summed E-state index contributed by atoms with van der Waals surface area (Å²) in [5.74, 6) is -0.0244. The minimum atomic E-state index is -0.0244. The second-order valence-corrected chi connectivity index (χ2v) is 4.14. The number of anilines is 1. The first-order valence-electron chi connectivity index (χ1n) is 5.80. The standard InChI is InChI=1S/C13H20N2O/c1-3-4-5-10(2)15-13(16)11-6-8-12(14)9-7-11/h6-10H,3-5,14H2,1-2H3,(H,15,16). The number of hydrogen-bond donors (Lipinski definition) is 2. The van der Waals surface area contributed by atoms with E-state index in [1.807, 2.05) is 6.92 Å². The van der Waals surface area contributed by atoms with Crippen LogP contribution < -0.4 is 11.1 Å². The van der Waals surface area contributed by atoms with Crippen LogP contribution in [-0.2, 0) is 0 Å². The summed E-state index contributed by atoms with van der Waals surface area (Å²) in [7, 11) is 0. The first-order valence-corrected chi connectivity index (χ1v) is 5.80. The van der Waals surface area contributed by atoms with Gasteiger partial charge in [0.2, 0.25) is 0 Å². The van der Waals surface area contributed by atoms with Crippen LogP contribution >= 0.6 is 0 Å². The van der Waals surface area contributed by atoms with Gasteiger partial charge < -0.3 is 11.1 Å². The molecule has 0 aliphatic rings. The van der Waals surface area contributed by atoms with E-state index in [4.69, 9.17) is 5.73 Å². The fourth-order valence-corrected chi connectivity index (χ4v) is 1.52. The van der Waals surface area contributed by atoms with Crippen molar-refractivity contribution in [2.75, 3.05) is 5.73 Å². The summed E-state index contributed by atoms with van der Waals surface area (Å²) >= 11 is 0. The highest BCUT2D eigenvalue weighted by Crippen LogP contribution is 2.06. The Bertz CT molecular complexity index is 332. The zero-order valence-electron chi connectivity index (χ0n) is 9.99. The maximum absolute atomic E-state index is 11.8. The lowest BCUT2D eigenvalue weighted by atomic mass is 10.1. The Balaban J connectivity index is 2.48. The van der Waals surface area contributed by atoms with E-state index in [2.05, 4.69) is 12.2 Å². The van der Waals surface area contributed by atoms with Crippen molar-refractivity contribution in [1.29, 1.82) is 0 Å². The van der Waals surface area contributed by atoms with Gasteiger partial charge in [-0.25, -0.2) is 0 Å². The number of carbonyl (C=O) groups is 1. The van der Waals surface area contributed by atoms with Gasteiger partial charge in [-0.1, -0.05) is 19.8 Å². The molecule has 0 bridgehead atoms. The maximum Gasteiger partial charge on any atom is 0.251 e. The molecule has 0 aromatic heterocycles. The average Bonchev–Trinajstić information content (AvgIpc) is 2.27. The number of unbranched alkanes of at least 4 members (excludes halogenated alkanes) is 1. The molecule has 16 heavy (non-hydrogen) atoms. The molecule has 1 rings (SSSR count). The van der Waals surface area contributed by atoms with E-state index in [1.54, 1.807) is 24.3 Å². The van der Waals surface area contributed by atoms with Crippen LogP contribution in [0.3, 0.4) is 0 Å². The summed E-state index contributed by atoms with van der Waals surface area (Å²) in [6, 6.07) is 7.20. The van der Waals surface area contributed by atoms with Gasteiger partial charge in [0, 0.05) is 17.3 Å². The molecule has 1 atom stereocenters.